The fourth-order valence-corrected chi connectivity index (χ4v) is 0.809. The van der Waals surface area contributed by atoms with Crippen molar-refractivity contribution in [2.45, 2.75) is 6.92 Å². The van der Waals surface area contributed by atoms with Gasteiger partial charge in [-0.05, 0) is 13.0 Å². The van der Waals surface area contributed by atoms with Gasteiger partial charge in [0.05, 0.1) is 6.61 Å². The Hall–Kier alpha value is -1.67. The fourth-order valence-electron chi connectivity index (χ4n) is 0.809. The maximum atomic E-state index is 8.55. The number of aromatic nitrogens is 2. The first-order valence-corrected chi connectivity index (χ1v) is 4.30. The lowest BCUT2D eigenvalue weighted by atomic mass is 10.4. The molecule has 0 spiro atoms. The zero-order valence-electron chi connectivity index (χ0n) is 7.93. The second kappa shape index (κ2) is 5.89. The average molecular weight is 193 g/mol. The van der Waals surface area contributed by atoms with E-state index < -0.39 is 0 Å². The maximum Gasteiger partial charge on any atom is 0.317 e. The highest BCUT2D eigenvalue weighted by atomic mass is 16.5. The van der Waals surface area contributed by atoms with Gasteiger partial charge in [-0.15, -0.1) is 0 Å². The molecule has 0 radical (unpaired) electrons. The number of hydrogen-bond donors (Lipinski definition) is 0. The van der Waals surface area contributed by atoms with Crippen molar-refractivity contribution in [1.82, 2.24) is 9.97 Å². The van der Waals surface area contributed by atoms with Gasteiger partial charge in [-0.3, -0.25) is 0 Å². The molecular weight excluding hydrogens is 182 g/mol. The molecule has 14 heavy (non-hydrogen) atoms. The standard InChI is InChI=1S/C9H11N3O2/c1-2-13-5-6-14-9-11-4-3-8(7-10)12-9/h3-4H,2,5-6H2,1H3. The molecule has 74 valence electrons. The van der Waals surface area contributed by atoms with E-state index in [-0.39, 0.29) is 6.01 Å². The Morgan fingerprint density at radius 1 is 1.50 bits per heavy atom. The Morgan fingerprint density at radius 2 is 2.36 bits per heavy atom. The summed E-state index contributed by atoms with van der Waals surface area (Å²) >= 11 is 0. The van der Waals surface area contributed by atoms with Gasteiger partial charge in [-0.1, -0.05) is 0 Å². The van der Waals surface area contributed by atoms with Crippen molar-refractivity contribution in [3.63, 3.8) is 0 Å². The zero-order valence-corrected chi connectivity index (χ0v) is 7.93. The van der Waals surface area contributed by atoms with Crippen LogP contribution in [0.2, 0.25) is 0 Å². The number of hydrogen-bond acceptors (Lipinski definition) is 5. The van der Waals surface area contributed by atoms with Crippen LogP contribution in [-0.2, 0) is 4.74 Å². The quantitative estimate of drug-likeness (QED) is 0.646. The Morgan fingerprint density at radius 3 is 3.07 bits per heavy atom. The first-order valence-electron chi connectivity index (χ1n) is 4.30. The summed E-state index contributed by atoms with van der Waals surface area (Å²) in [6.45, 7) is 3.45. The molecule has 1 heterocycles. The molecule has 0 aliphatic carbocycles. The van der Waals surface area contributed by atoms with Gasteiger partial charge in [0.1, 0.15) is 18.4 Å². The van der Waals surface area contributed by atoms with Crippen molar-refractivity contribution in [3.05, 3.63) is 18.0 Å². The molecule has 0 fully saturated rings. The zero-order chi connectivity index (χ0) is 10.2. The number of nitrogens with zero attached hydrogens (tertiary/aromatic N) is 3. The fraction of sp³-hybridized carbons (Fsp3) is 0.444. The van der Waals surface area contributed by atoms with Gasteiger partial charge in [0, 0.05) is 12.8 Å². The highest BCUT2D eigenvalue weighted by Crippen LogP contribution is 2.01. The van der Waals surface area contributed by atoms with Gasteiger partial charge in [-0.25, -0.2) is 4.98 Å². The van der Waals surface area contributed by atoms with Crippen LogP contribution in [0.3, 0.4) is 0 Å². The summed E-state index contributed by atoms with van der Waals surface area (Å²) in [7, 11) is 0. The lowest BCUT2D eigenvalue weighted by Crippen LogP contribution is -2.08. The van der Waals surface area contributed by atoms with Gasteiger partial charge in [0.25, 0.3) is 0 Å². The summed E-state index contributed by atoms with van der Waals surface area (Å²) in [5, 5.41) is 8.55. The topological polar surface area (TPSA) is 68.0 Å². The van der Waals surface area contributed by atoms with Crippen LogP contribution in [0.5, 0.6) is 6.01 Å². The lowest BCUT2D eigenvalue weighted by molar-refractivity contribution is 0.106. The highest BCUT2D eigenvalue weighted by Gasteiger charge is 1.98. The highest BCUT2D eigenvalue weighted by molar-refractivity contribution is 5.19. The largest absolute Gasteiger partial charge is 0.461 e. The maximum absolute atomic E-state index is 8.55. The summed E-state index contributed by atoms with van der Waals surface area (Å²) in [6, 6.07) is 3.64. The van der Waals surface area contributed by atoms with E-state index in [9.17, 15) is 0 Å². The van der Waals surface area contributed by atoms with E-state index in [1.54, 1.807) is 0 Å². The van der Waals surface area contributed by atoms with Crippen molar-refractivity contribution in [3.8, 4) is 12.1 Å². The summed E-state index contributed by atoms with van der Waals surface area (Å²) in [6.07, 6.45) is 1.49. The molecule has 0 bridgehead atoms. The first kappa shape index (κ1) is 10.4. The van der Waals surface area contributed by atoms with E-state index in [2.05, 4.69) is 9.97 Å². The Kier molecular flexibility index (Phi) is 4.38. The molecule has 0 amide bonds. The molecule has 1 rings (SSSR count). The second-order valence-corrected chi connectivity index (χ2v) is 2.38. The van der Waals surface area contributed by atoms with Gasteiger partial charge in [0.15, 0.2) is 0 Å². The minimum Gasteiger partial charge on any atom is -0.461 e. The van der Waals surface area contributed by atoms with Gasteiger partial charge in [0.2, 0.25) is 0 Å². The number of rotatable bonds is 5. The van der Waals surface area contributed by atoms with E-state index in [0.29, 0.717) is 25.5 Å². The van der Waals surface area contributed by atoms with Crippen LogP contribution < -0.4 is 4.74 Å². The van der Waals surface area contributed by atoms with Crippen LogP contribution in [0.25, 0.3) is 0 Å². The van der Waals surface area contributed by atoms with E-state index in [1.165, 1.54) is 12.3 Å². The molecular formula is C9H11N3O2. The van der Waals surface area contributed by atoms with Crippen LogP contribution in [0.15, 0.2) is 12.3 Å². The molecule has 5 heteroatoms. The van der Waals surface area contributed by atoms with Crippen molar-refractivity contribution >= 4 is 0 Å². The summed E-state index contributed by atoms with van der Waals surface area (Å²) in [5.41, 5.74) is 0.298. The normalized spacial score (nSPS) is 9.43. The molecule has 5 nitrogen and oxygen atoms in total. The number of ether oxygens (including phenoxy) is 2. The predicted molar refractivity (Wildman–Crippen MR) is 48.7 cm³/mol. The molecule has 0 aliphatic rings. The van der Waals surface area contributed by atoms with Crippen molar-refractivity contribution in [1.29, 1.82) is 5.26 Å². The predicted octanol–water partition coefficient (Wildman–Crippen LogP) is 0.764. The van der Waals surface area contributed by atoms with Crippen LogP contribution in [0, 0.1) is 11.3 Å². The van der Waals surface area contributed by atoms with Crippen molar-refractivity contribution < 1.29 is 9.47 Å². The monoisotopic (exact) mass is 193 g/mol. The van der Waals surface area contributed by atoms with E-state index in [0.717, 1.165) is 0 Å². The Bertz CT molecular complexity index is 322. The van der Waals surface area contributed by atoms with Crippen molar-refractivity contribution in [2.75, 3.05) is 19.8 Å². The second-order valence-electron chi connectivity index (χ2n) is 2.38. The Balaban J connectivity index is 2.39. The molecule has 0 aliphatic heterocycles. The summed E-state index contributed by atoms with van der Waals surface area (Å²) in [4.78, 5) is 7.68. The molecule has 1 aromatic rings. The van der Waals surface area contributed by atoms with E-state index >= 15 is 0 Å². The van der Waals surface area contributed by atoms with Crippen LogP contribution in [-0.4, -0.2) is 29.8 Å². The third-order valence-electron chi connectivity index (χ3n) is 1.41. The molecule has 0 saturated heterocycles. The van der Waals surface area contributed by atoms with Gasteiger partial charge in [-0.2, -0.15) is 10.2 Å². The third kappa shape index (κ3) is 3.37. The van der Waals surface area contributed by atoms with E-state index in [1.807, 2.05) is 13.0 Å². The van der Waals surface area contributed by atoms with Gasteiger partial charge >= 0.3 is 6.01 Å². The molecule has 0 N–H and O–H groups in total. The first-order chi connectivity index (χ1) is 6.86. The van der Waals surface area contributed by atoms with Crippen LogP contribution >= 0.6 is 0 Å². The SMILES string of the molecule is CCOCCOc1nccc(C#N)n1. The molecule has 0 unspecified atom stereocenters. The minimum absolute atomic E-state index is 0.212. The van der Waals surface area contributed by atoms with Crippen LogP contribution in [0.1, 0.15) is 12.6 Å². The molecule has 0 aromatic carbocycles. The van der Waals surface area contributed by atoms with Crippen LogP contribution in [0.4, 0.5) is 0 Å². The lowest BCUT2D eigenvalue weighted by Gasteiger charge is -2.03. The number of nitriles is 1. The minimum atomic E-state index is 0.212. The molecule has 0 atom stereocenters. The van der Waals surface area contributed by atoms with Crippen molar-refractivity contribution in [2.24, 2.45) is 0 Å². The third-order valence-corrected chi connectivity index (χ3v) is 1.41. The average Bonchev–Trinajstić information content (AvgIpc) is 2.25. The molecule has 1 aromatic heterocycles. The molecule has 0 saturated carbocycles. The van der Waals surface area contributed by atoms with E-state index in [4.69, 9.17) is 14.7 Å². The van der Waals surface area contributed by atoms with Gasteiger partial charge < -0.3 is 9.47 Å². The smallest absolute Gasteiger partial charge is 0.317 e. The Labute approximate surface area is 82.3 Å². The summed E-state index contributed by atoms with van der Waals surface area (Å²) < 4.78 is 10.2. The summed E-state index contributed by atoms with van der Waals surface area (Å²) in [5.74, 6) is 0.